The Morgan fingerprint density at radius 3 is 1.07 bits per heavy atom. The summed E-state index contributed by atoms with van der Waals surface area (Å²) in [5.74, 6) is 7.43. The van der Waals surface area contributed by atoms with Crippen molar-refractivity contribution >= 4 is 64.6 Å². The van der Waals surface area contributed by atoms with E-state index in [9.17, 15) is 14.4 Å². The average Bonchev–Trinajstić information content (AvgIpc) is 1.63. The number of carboxylic acids is 1. The second-order valence-electron chi connectivity index (χ2n) is 27.1. The number of halogens is 4. The Balaban J connectivity index is 0.000000256. The van der Waals surface area contributed by atoms with Crippen molar-refractivity contribution in [3.05, 3.63) is 245 Å². The van der Waals surface area contributed by atoms with Crippen LogP contribution >= 0.6 is 46.4 Å². The van der Waals surface area contributed by atoms with Crippen molar-refractivity contribution in [1.29, 1.82) is 0 Å². The summed E-state index contributed by atoms with van der Waals surface area (Å²) in [6.45, 7) is 16.2. The van der Waals surface area contributed by atoms with Crippen LogP contribution < -0.4 is 73.2 Å². The number of carboxylic acid groups (broad SMARTS) is 1. The number of aromatic nitrogens is 4. The third-order valence-corrected chi connectivity index (χ3v) is 18.4. The highest BCUT2D eigenvalue weighted by atomic mass is 35.5. The SMILES string of the molecule is COc1cc(C=O)ccc1Cl.COc1ccc(CN(Cc2ccc(Cl)c(OC)c2)C(=O)c2cc(C(C)(C)C)nn2C)c(OC)c1.COc1ccc(CN)c(OC)c1.COc1ccc(CNCc2ccc(Cl)c(OC)c2)c(OC)c1.COc1ccc(CNCc2ccc(Cl)c(OC)c2)c(OC)c1.Cn1nc(C(C)(C)C)cc1C(=O)O. The number of aromatic carboxylic acids is 1. The molecule has 2 heterocycles. The molecule has 0 unspecified atom stereocenters. The van der Waals surface area contributed by atoms with E-state index in [-0.39, 0.29) is 22.4 Å². The van der Waals surface area contributed by atoms with E-state index >= 15 is 0 Å². The van der Waals surface area contributed by atoms with Gasteiger partial charge in [-0.1, -0.05) is 124 Å². The second kappa shape index (κ2) is 46.6. The number of nitrogens with two attached hydrogens (primary N) is 1. The second-order valence-corrected chi connectivity index (χ2v) is 28.7. The van der Waals surface area contributed by atoms with Gasteiger partial charge in [-0.3, -0.25) is 19.0 Å². The van der Waals surface area contributed by atoms with Crippen LogP contribution in [0, 0.1) is 0 Å². The molecule has 1 amide bonds. The number of ether oxygens (including phenoxy) is 12. The quantitative estimate of drug-likeness (QED) is 0.0332. The lowest BCUT2D eigenvalue weighted by Gasteiger charge is -2.24. The van der Waals surface area contributed by atoms with Crippen molar-refractivity contribution in [3.63, 3.8) is 0 Å². The molecule has 0 fully saturated rings. The number of benzene rings is 8. The fourth-order valence-corrected chi connectivity index (χ4v) is 11.5. The highest BCUT2D eigenvalue weighted by molar-refractivity contribution is 6.33. The third-order valence-electron chi connectivity index (χ3n) is 17.2. The largest absolute Gasteiger partial charge is 0.497 e. The first-order valence-corrected chi connectivity index (χ1v) is 37.2. The number of aryl methyl sites for hydroxylation is 2. The molecule has 0 radical (unpaired) electrons. The minimum atomic E-state index is -0.939. The number of aldehydes is 1. The molecule has 2 aromatic heterocycles. The van der Waals surface area contributed by atoms with Crippen LogP contribution in [0.4, 0.5) is 0 Å². The Labute approximate surface area is 689 Å². The smallest absolute Gasteiger partial charge is 0.354 e. The van der Waals surface area contributed by atoms with Gasteiger partial charge in [0.05, 0.1) is 123 Å². The number of rotatable bonds is 28. The average molecular weight is 1650 g/mol. The van der Waals surface area contributed by atoms with E-state index in [4.69, 9.17) is 114 Å². The lowest BCUT2D eigenvalue weighted by atomic mass is 9.92. The van der Waals surface area contributed by atoms with Gasteiger partial charge in [-0.2, -0.15) is 10.2 Å². The monoisotopic (exact) mass is 1650 g/mol. The van der Waals surface area contributed by atoms with Gasteiger partial charge in [-0.25, -0.2) is 4.79 Å². The molecule has 0 saturated heterocycles. The van der Waals surface area contributed by atoms with Crippen molar-refractivity contribution in [2.75, 3.05) is 85.3 Å². The molecule has 0 spiro atoms. The molecular formula is C86H106Cl4N8O16. The summed E-state index contributed by atoms with van der Waals surface area (Å²) in [6, 6.07) is 48.1. The van der Waals surface area contributed by atoms with Gasteiger partial charge in [-0.05, 0) is 114 Å². The minimum Gasteiger partial charge on any atom is -0.497 e. The lowest BCUT2D eigenvalue weighted by Crippen LogP contribution is -2.31. The van der Waals surface area contributed by atoms with Crippen LogP contribution in [0.1, 0.15) is 123 Å². The summed E-state index contributed by atoms with van der Waals surface area (Å²) in [4.78, 5) is 36.6. The van der Waals surface area contributed by atoms with Crippen molar-refractivity contribution in [1.82, 2.24) is 35.1 Å². The molecule has 0 aliphatic rings. The number of methoxy groups -OCH3 is 12. The van der Waals surface area contributed by atoms with E-state index in [0.717, 1.165) is 91.1 Å². The number of amides is 1. The Bertz CT molecular complexity index is 4620. The molecule has 5 N–H and O–H groups in total. The summed E-state index contributed by atoms with van der Waals surface area (Å²) in [7, 11) is 22.8. The lowest BCUT2D eigenvalue weighted by molar-refractivity contribution is 0.0682. The van der Waals surface area contributed by atoms with Gasteiger partial charge in [0.1, 0.15) is 86.7 Å². The fourth-order valence-electron chi connectivity index (χ4n) is 10.7. The molecule has 24 nitrogen and oxygen atoms in total. The van der Waals surface area contributed by atoms with Gasteiger partial charge >= 0.3 is 5.97 Å². The Kier molecular flexibility index (Phi) is 38.4. The molecular weight excluding hydrogens is 1540 g/mol. The van der Waals surface area contributed by atoms with Crippen molar-refractivity contribution in [3.8, 4) is 69.0 Å². The maximum atomic E-state index is 13.8. The number of hydrogen-bond acceptors (Lipinski definition) is 20. The molecule has 8 aromatic carbocycles. The summed E-state index contributed by atoms with van der Waals surface area (Å²) in [5.41, 5.74) is 15.3. The molecule has 0 saturated carbocycles. The molecule has 0 bridgehead atoms. The number of carbonyl (C=O) groups excluding carboxylic acids is 2. The Morgan fingerprint density at radius 1 is 0.404 bits per heavy atom. The van der Waals surface area contributed by atoms with E-state index in [1.54, 1.807) is 132 Å². The normalized spacial score (nSPS) is 10.6. The Morgan fingerprint density at radius 2 is 0.728 bits per heavy atom. The maximum absolute atomic E-state index is 13.8. The van der Waals surface area contributed by atoms with Gasteiger partial charge in [0, 0.05) is 116 Å². The van der Waals surface area contributed by atoms with Gasteiger partial charge in [0.2, 0.25) is 0 Å². The summed E-state index contributed by atoms with van der Waals surface area (Å²) in [6.07, 6.45) is 0.749. The highest BCUT2D eigenvalue weighted by Gasteiger charge is 2.27. The van der Waals surface area contributed by atoms with Crippen molar-refractivity contribution in [2.24, 2.45) is 19.8 Å². The zero-order valence-corrected chi connectivity index (χ0v) is 71.5. The van der Waals surface area contributed by atoms with E-state index in [2.05, 4.69) is 41.6 Å². The van der Waals surface area contributed by atoms with E-state index < -0.39 is 5.97 Å². The summed E-state index contributed by atoms with van der Waals surface area (Å²) in [5, 5.41) is 26.5. The molecule has 114 heavy (non-hydrogen) atoms. The minimum absolute atomic E-state index is 0.106. The molecule has 0 atom stereocenters. The fraction of sp³-hybridized carbons (Fsp3) is 0.337. The standard InChI is InChI=1S/C26H32ClN3O4.2C17H20ClNO3.C9H14N2O2.C9H13NO2.C8H7ClO2/c1-26(2,3)24-14-21(29(4)28-24)25(31)30(15-17-8-11-20(27)23(12-17)34-7)16-18-9-10-19(32-5)13-22(18)33-6;2*1-20-14-6-5-13(16(9-14)21-2)11-19-10-12-4-7-15(18)17(8-12)22-3;1-9(2,3)7-5-6(8(12)13)11(4)10-7;1-11-8-4-3-7(6-10)9(5-8)12-2;1-11-8-4-6(5-10)2-3-7(8)9/h8-14H,15-16H2,1-7H3;2*4-9,19H,10-11H2,1-3H3;5H,1-4H3,(H,12,13);3-5H,6,10H2,1-2H3;2-5H,1H3. The zero-order chi connectivity index (χ0) is 84.4. The van der Waals surface area contributed by atoms with Crippen LogP contribution in [0.15, 0.2) is 158 Å². The molecule has 0 aliphatic carbocycles. The van der Waals surface area contributed by atoms with Crippen LogP contribution in [0.25, 0.3) is 0 Å². The molecule has 10 rings (SSSR count). The predicted octanol–water partition coefficient (Wildman–Crippen LogP) is 17.3. The zero-order valence-electron chi connectivity index (χ0n) is 68.4. The van der Waals surface area contributed by atoms with Gasteiger partial charge in [0.25, 0.3) is 5.91 Å². The Hall–Kier alpha value is -10.6. The van der Waals surface area contributed by atoms with E-state index in [1.165, 1.54) is 11.8 Å². The molecule has 0 aliphatic heterocycles. The topological polar surface area (TPSA) is 271 Å². The summed E-state index contributed by atoms with van der Waals surface area (Å²) >= 11 is 24.0. The first kappa shape index (κ1) is 94.0. The van der Waals surface area contributed by atoms with Gasteiger partial charge in [-0.15, -0.1) is 0 Å². The third kappa shape index (κ3) is 28.5. The summed E-state index contributed by atoms with van der Waals surface area (Å²) < 4.78 is 65.9. The van der Waals surface area contributed by atoms with Crippen LogP contribution in [-0.4, -0.2) is 133 Å². The van der Waals surface area contributed by atoms with E-state index in [1.807, 2.05) is 148 Å². The predicted molar refractivity (Wildman–Crippen MR) is 449 cm³/mol. The molecule has 614 valence electrons. The first-order valence-electron chi connectivity index (χ1n) is 35.7. The van der Waals surface area contributed by atoms with Crippen LogP contribution in [0.3, 0.4) is 0 Å². The molecule has 10 aromatic rings. The number of nitrogens with zero attached hydrogens (tertiary/aromatic N) is 5. The maximum Gasteiger partial charge on any atom is 0.354 e. The van der Waals surface area contributed by atoms with Crippen LogP contribution in [-0.2, 0) is 70.7 Å². The number of carbonyl (C=O) groups is 3. The van der Waals surface area contributed by atoms with Crippen molar-refractivity contribution < 1.29 is 76.3 Å². The van der Waals surface area contributed by atoms with Crippen LogP contribution in [0.5, 0.6) is 69.0 Å². The first-order chi connectivity index (χ1) is 54.3. The molecule has 28 heteroatoms. The number of nitrogens with one attached hydrogen (secondary N) is 2. The van der Waals surface area contributed by atoms with Gasteiger partial charge < -0.3 is 83.2 Å². The number of hydrogen-bond donors (Lipinski definition) is 4. The van der Waals surface area contributed by atoms with Crippen molar-refractivity contribution in [2.45, 2.75) is 98.2 Å². The van der Waals surface area contributed by atoms with Gasteiger partial charge in [0.15, 0.2) is 0 Å². The highest BCUT2D eigenvalue weighted by Crippen LogP contribution is 2.34. The van der Waals surface area contributed by atoms with E-state index in [0.29, 0.717) is 112 Å². The van der Waals surface area contributed by atoms with Crippen LogP contribution in [0.2, 0.25) is 20.1 Å².